The molecule has 11 aromatic carbocycles. The third-order valence-corrected chi connectivity index (χ3v) is 15.6. The molecule has 0 atom stereocenters. The van der Waals surface area contributed by atoms with E-state index in [0.29, 0.717) is 0 Å². The molecule has 0 fully saturated rings. The summed E-state index contributed by atoms with van der Waals surface area (Å²) in [5.74, 6) is 0. The Labute approximate surface area is 398 Å². The van der Waals surface area contributed by atoms with Crippen LogP contribution in [0.5, 0.6) is 0 Å². The molecule has 0 bridgehead atoms. The molecule has 13 aromatic rings. The number of hydrogen-bond acceptors (Lipinski definition) is 2. The molecule has 0 unspecified atom stereocenters. The molecule has 0 saturated heterocycles. The molecule has 2 aromatic heterocycles. The summed E-state index contributed by atoms with van der Waals surface area (Å²) < 4.78 is 5.02. The van der Waals surface area contributed by atoms with Gasteiger partial charge in [0, 0.05) is 53.3 Å². The van der Waals surface area contributed by atoms with Crippen LogP contribution < -0.4 is 4.90 Å². The zero-order chi connectivity index (χ0) is 44.8. The minimum Gasteiger partial charge on any atom is -0.309 e. The predicted molar refractivity (Wildman–Crippen MR) is 289 cm³/mol. The smallest absolute Gasteiger partial charge is 0.0714 e. The SMILES string of the molecule is c1ccc(-n2c3cc(-c4ccc(N(c5cccc6c5-c5ccccc5C6(c5ccccc5)c5ccccc5)c5cccc6sc7ccccc7c56)cc4)ccc3c3ccc4ccccc4c32)cc1. The molecule has 0 N–H and O–H groups in total. The molecule has 1 aliphatic rings. The predicted octanol–water partition coefficient (Wildman–Crippen LogP) is 17.8. The van der Waals surface area contributed by atoms with Crippen LogP contribution >= 0.6 is 11.3 Å². The second-order valence-electron chi connectivity index (χ2n) is 17.9. The molecular formula is C65H42N2S. The van der Waals surface area contributed by atoms with Crippen LogP contribution in [0.15, 0.2) is 255 Å². The highest BCUT2D eigenvalue weighted by atomic mass is 32.1. The third kappa shape index (κ3) is 5.63. The Morgan fingerprint density at radius 3 is 1.79 bits per heavy atom. The van der Waals surface area contributed by atoms with E-state index in [9.17, 15) is 0 Å². The molecule has 318 valence electrons. The first-order valence-electron chi connectivity index (χ1n) is 23.4. The lowest BCUT2D eigenvalue weighted by molar-refractivity contribution is 0.768. The Morgan fingerprint density at radius 1 is 0.397 bits per heavy atom. The fourth-order valence-electron chi connectivity index (χ4n) is 11.6. The second kappa shape index (κ2) is 15.3. The van der Waals surface area contributed by atoms with Crippen LogP contribution in [0.25, 0.3) is 80.7 Å². The lowest BCUT2D eigenvalue weighted by Crippen LogP contribution is -2.28. The Balaban J connectivity index is 0.998. The van der Waals surface area contributed by atoms with Crippen LogP contribution in [0.3, 0.4) is 0 Å². The Kier molecular flexibility index (Phi) is 8.71. The fraction of sp³-hybridized carbons (Fsp3) is 0.0154. The number of para-hydroxylation sites is 1. The van der Waals surface area contributed by atoms with Crippen LogP contribution in [-0.2, 0) is 5.41 Å². The molecule has 0 amide bonds. The van der Waals surface area contributed by atoms with Crippen LogP contribution in [0.1, 0.15) is 22.3 Å². The number of aromatic nitrogens is 1. The van der Waals surface area contributed by atoms with Crippen molar-refractivity contribution < 1.29 is 0 Å². The number of benzene rings is 11. The zero-order valence-corrected chi connectivity index (χ0v) is 37.9. The summed E-state index contributed by atoms with van der Waals surface area (Å²) in [6.45, 7) is 0. The van der Waals surface area contributed by atoms with E-state index in [0.717, 1.165) is 22.7 Å². The van der Waals surface area contributed by atoms with Crippen LogP contribution in [-0.4, -0.2) is 4.57 Å². The highest BCUT2D eigenvalue weighted by Crippen LogP contribution is 2.60. The summed E-state index contributed by atoms with van der Waals surface area (Å²) in [6.07, 6.45) is 0. The van der Waals surface area contributed by atoms with Crippen molar-refractivity contribution in [2.24, 2.45) is 0 Å². The van der Waals surface area contributed by atoms with Crippen molar-refractivity contribution in [2.45, 2.75) is 5.41 Å². The van der Waals surface area contributed by atoms with E-state index in [1.54, 1.807) is 0 Å². The van der Waals surface area contributed by atoms with Crippen molar-refractivity contribution in [1.82, 2.24) is 4.57 Å². The number of hydrogen-bond donors (Lipinski definition) is 0. The van der Waals surface area contributed by atoms with Gasteiger partial charge in [-0.3, -0.25) is 0 Å². The lowest BCUT2D eigenvalue weighted by atomic mass is 9.68. The first-order chi connectivity index (χ1) is 33.8. The van der Waals surface area contributed by atoms with Gasteiger partial charge in [-0.05, 0) is 98.9 Å². The van der Waals surface area contributed by atoms with Gasteiger partial charge < -0.3 is 9.47 Å². The quantitative estimate of drug-likeness (QED) is 0.155. The normalized spacial score (nSPS) is 12.8. The van der Waals surface area contributed by atoms with Crippen LogP contribution in [0.4, 0.5) is 17.1 Å². The van der Waals surface area contributed by atoms with Crippen molar-refractivity contribution in [2.75, 3.05) is 4.90 Å². The monoisotopic (exact) mass is 882 g/mol. The van der Waals surface area contributed by atoms with E-state index in [4.69, 9.17) is 0 Å². The molecule has 0 radical (unpaired) electrons. The number of anilines is 3. The van der Waals surface area contributed by atoms with Gasteiger partial charge in [-0.2, -0.15) is 0 Å². The maximum Gasteiger partial charge on any atom is 0.0714 e. The molecule has 2 heterocycles. The number of nitrogens with zero attached hydrogens (tertiary/aromatic N) is 2. The first kappa shape index (κ1) is 38.7. The number of fused-ring (bicyclic) bond motifs is 11. The largest absolute Gasteiger partial charge is 0.309 e. The first-order valence-corrected chi connectivity index (χ1v) is 24.2. The molecule has 2 nitrogen and oxygen atoms in total. The maximum atomic E-state index is 2.54. The average Bonchev–Trinajstić information content (AvgIpc) is 4.07. The van der Waals surface area contributed by atoms with Gasteiger partial charge in [0.15, 0.2) is 0 Å². The van der Waals surface area contributed by atoms with E-state index in [1.807, 2.05) is 11.3 Å². The van der Waals surface area contributed by atoms with Crippen molar-refractivity contribution in [3.63, 3.8) is 0 Å². The van der Waals surface area contributed by atoms with E-state index in [2.05, 4.69) is 264 Å². The molecule has 0 aliphatic heterocycles. The molecule has 3 heteroatoms. The van der Waals surface area contributed by atoms with E-state index >= 15 is 0 Å². The van der Waals surface area contributed by atoms with Gasteiger partial charge in [-0.1, -0.05) is 200 Å². The Hall–Kier alpha value is -8.50. The average molecular weight is 883 g/mol. The van der Waals surface area contributed by atoms with E-state index < -0.39 is 5.41 Å². The Morgan fingerprint density at radius 2 is 1.00 bits per heavy atom. The van der Waals surface area contributed by atoms with E-state index in [1.165, 1.54) is 97.3 Å². The summed E-state index contributed by atoms with van der Waals surface area (Å²) in [5.41, 5.74) is 16.4. The highest BCUT2D eigenvalue weighted by molar-refractivity contribution is 7.26. The lowest BCUT2D eigenvalue weighted by Gasteiger charge is -2.34. The molecule has 0 spiro atoms. The zero-order valence-electron chi connectivity index (χ0n) is 37.1. The summed E-state index contributed by atoms with van der Waals surface area (Å²) >= 11 is 1.87. The fourth-order valence-corrected chi connectivity index (χ4v) is 12.7. The van der Waals surface area contributed by atoms with Crippen molar-refractivity contribution >= 4 is 81.1 Å². The maximum absolute atomic E-state index is 2.54. The topological polar surface area (TPSA) is 8.17 Å². The van der Waals surface area contributed by atoms with Crippen LogP contribution in [0, 0.1) is 0 Å². The summed E-state index contributed by atoms with van der Waals surface area (Å²) in [5, 5.41) is 7.54. The molecule has 1 aliphatic carbocycles. The second-order valence-corrected chi connectivity index (χ2v) is 19.0. The third-order valence-electron chi connectivity index (χ3n) is 14.4. The van der Waals surface area contributed by atoms with Crippen molar-refractivity contribution in [3.8, 4) is 27.9 Å². The minimum absolute atomic E-state index is 0.520. The molecule has 0 saturated carbocycles. The van der Waals surface area contributed by atoms with Gasteiger partial charge in [0.1, 0.15) is 0 Å². The molecule has 14 rings (SSSR count). The van der Waals surface area contributed by atoms with E-state index in [-0.39, 0.29) is 0 Å². The van der Waals surface area contributed by atoms with Crippen LogP contribution in [0.2, 0.25) is 0 Å². The highest BCUT2D eigenvalue weighted by Gasteiger charge is 2.47. The number of thiophene rings is 1. The number of rotatable bonds is 7. The van der Waals surface area contributed by atoms with Crippen molar-refractivity contribution in [3.05, 3.63) is 277 Å². The van der Waals surface area contributed by atoms with Gasteiger partial charge in [-0.25, -0.2) is 0 Å². The van der Waals surface area contributed by atoms with Gasteiger partial charge >= 0.3 is 0 Å². The Bertz CT molecular complexity index is 4030. The van der Waals surface area contributed by atoms with Crippen molar-refractivity contribution in [1.29, 1.82) is 0 Å². The molecule has 68 heavy (non-hydrogen) atoms. The van der Waals surface area contributed by atoms with Gasteiger partial charge in [0.05, 0.1) is 27.8 Å². The standard InChI is InChI=1S/C65H42N2S/c1-4-19-46(20-5-1)65(47-21-6-2-7-22-47)55-28-14-12-26-53(55)62-56(65)29-16-30-57(62)66(58-31-17-33-61-63(58)54-27-13-15-32-60(54)68-61)49-38-34-43(35-39-49)45-37-40-51-52-41-36-44-18-10-11-25-50(44)64(52)67(59(51)42-45)48-23-8-3-9-24-48/h1-42H. The summed E-state index contributed by atoms with van der Waals surface area (Å²) in [6, 6.07) is 94.4. The van der Waals surface area contributed by atoms with Gasteiger partial charge in [0.2, 0.25) is 0 Å². The van der Waals surface area contributed by atoms with Gasteiger partial charge in [-0.15, -0.1) is 11.3 Å². The minimum atomic E-state index is -0.520. The summed E-state index contributed by atoms with van der Waals surface area (Å²) in [4.78, 5) is 2.54. The van der Waals surface area contributed by atoms with Gasteiger partial charge in [0.25, 0.3) is 0 Å². The summed E-state index contributed by atoms with van der Waals surface area (Å²) in [7, 11) is 0. The molecular weight excluding hydrogens is 841 g/mol.